The molecular formula is C26H31N3O3. The molecular weight excluding hydrogens is 402 g/mol. The number of carbonyl (C=O) groups excluding carboxylic acids is 1. The van der Waals surface area contributed by atoms with Crippen LogP contribution < -0.4 is 0 Å². The molecule has 5 rings (SSSR count). The number of aliphatic carboxylic acids is 1. The van der Waals surface area contributed by atoms with E-state index in [1.165, 1.54) is 29.8 Å². The van der Waals surface area contributed by atoms with Crippen molar-refractivity contribution in [3.63, 3.8) is 0 Å². The molecule has 0 radical (unpaired) electrons. The number of carboxylic acid groups (broad SMARTS) is 1. The summed E-state index contributed by atoms with van der Waals surface area (Å²) in [6.45, 7) is 2.55. The molecule has 2 fully saturated rings. The van der Waals surface area contributed by atoms with Crippen LogP contribution in [0, 0.1) is 5.92 Å². The summed E-state index contributed by atoms with van der Waals surface area (Å²) in [5.74, 6) is -0.353. The molecule has 1 amide bonds. The second-order valence-corrected chi connectivity index (χ2v) is 9.45. The number of piperidine rings is 1. The van der Waals surface area contributed by atoms with Crippen LogP contribution in [0.25, 0.3) is 0 Å². The first-order valence-electron chi connectivity index (χ1n) is 11.9. The van der Waals surface area contributed by atoms with E-state index in [0.717, 1.165) is 44.3 Å². The maximum absolute atomic E-state index is 13.0. The largest absolute Gasteiger partial charge is 0.480 e. The number of amides is 1. The Morgan fingerprint density at radius 1 is 0.969 bits per heavy atom. The van der Waals surface area contributed by atoms with Gasteiger partial charge < -0.3 is 10.0 Å². The summed E-state index contributed by atoms with van der Waals surface area (Å²) in [6, 6.07) is 13.1. The zero-order valence-corrected chi connectivity index (χ0v) is 18.4. The van der Waals surface area contributed by atoms with Gasteiger partial charge in [-0.2, -0.15) is 0 Å². The van der Waals surface area contributed by atoms with Crippen LogP contribution in [-0.2, 0) is 22.4 Å². The van der Waals surface area contributed by atoms with Crippen molar-refractivity contribution in [2.45, 2.75) is 50.5 Å². The van der Waals surface area contributed by atoms with E-state index >= 15 is 0 Å². The fraction of sp³-hybridized carbons (Fsp3) is 0.500. The molecule has 1 atom stereocenters. The van der Waals surface area contributed by atoms with Gasteiger partial charge in [-0.15, -0.1) is 0 Å². The van der Waals surface area contributed by atoms with Gasteiger partial charge in [-0.1, -0.05) is 36.4 Å². The maximum Gasteiger partial charge on any atom is 0.325 e. The lowest BCUT2D eigenvalue weighted by Gasteiger charge is -2.44. The van der Waals surface area contributed by atoms with Gasteiger partial charge in [-0.3, -0.25) is 19.5 Å². The molecule has 1 aromatic carbocycles. The number of carbonyl (C=O) groups is 2. The van der Waals surface area contributed by atoms with Gasteiger partial charge in [0.05, 0.1) is 5.92 Å². The standard InChI is InChI=1S/C26H31N3O3/c30-25(21-16-29(17-21)24(26(31)32)20-7-2-1-3-8-20)28-14-12-19(13-15-28)23-11-10-18-6-4-5-9-22(18)27-23/h1-3,7-8,10-11,19,21,24H,4-6,9,12-17H2,(H,31,32)/t24-/m0/s1. The summed E-state index contributed by atoms with van der Waals surface area (Å²) >= 11 is 0. The topological polar surface area (TPSA) is 73.7 Å². The minimum atomic E-state index is -0.861. The summed E-state index contributed by atoms with van der Waals surface area (Å²) < 4.78 is 0. The summed E-state index contributed by atoms with van der Waals surface area (Å²) in [7, 11) is 0. The highest BCUT2D eigenvalue weighted by molar-refractivity contribution is 5.81. The predicted molar refractivity (Wildman–Crippen MR) is 121 cm³/mol. The predicted octanol–water partition coefficient (Wildman–Crippen LogP) is 3.42. The van der Waals surface area contributed by atoms with Crippen molar-refractivity contribution in [1.29, 1.82) is 0 Å². The highest BCUT2D eigenvalue weighted by Gasteiger charge is 2.42. The number of benzene rings is 1. The zero-order valence-electron chi connectivity index (χ0n) is 18.4. The first-order valence-corrected chi connectivity index (χ1v) is 11.9. The minimum Gasteiger partial charge on any atom is -0.480 e. The van der Waals surface area contributed by atoms with Gasteiger partial charge in [0, 0.05) is 43.5 Å². The molecule has 168 valence electrons. The highest BCUT2D eigenvalue weighted by atomic mass is 16.4. The fourth-order valence-electron chi connectivity index (χ4n) is 5.50. The molecule has 1 N–H and O–H groups in total. The van der Waals surface area contributed by atoms with Crippen LogP contribution in [0.4, 0.5) is 0 Å². The van der Waals surface area contributed by atoms with Crippen LogP contribution in [0.15, 0.2) is 42.5 Å². The second-order valence-electron chi connectivity index (χ2n) is 9.45. The van der Waals surface area contributed by atoms with E-state index in [-0.39, 0.29) is 11.8 Å². The Hall–Kier alpha value is -2.73. The van der Waals surface area contributed by atoms with Crippen molar-refractivity contribution >= 4 is 11.9 Å². The van der Waals surface area contributed by atoms with Crippen LogP contribution in [0.2, 0.25) is 0 Å². The summed E-state index contributed by atoms with van der Waals surface area (Å²) in [4.78, 5) is 33.7. The highest BCUT2D eigenvalue weighted by Crippen LogP contribution is 2.33. The molecule has 1 aliphatic carbocycles. The number of aromatic nitrogens is 1. The first-order chi connectivity index (χ1) is 15.6. The number of pyridine rings is 1. The quantitative estimate of drug-likeness (QED) is 0.782. The SMILES string of the molecule is O=C(O)[C@H](c1ccccc1)N1CC(C(=O)N2CCC(c3ccc4c(n3)CCCC4)CC2)C1. The van der Waals surface area contributed by atoms with Gasteiger partial charge in [0.15, 0.2) is 0 Å². The number of aryl methyl sites for hydroxylation is 2. The molecule has 6 heteroatoms. The number of hydrogen-bond donors (Lipinski definition) is 1. The van der Waals surface area contributed by atoms with E-state index < -0.39 is 12.0 Å². The van der Waals surface area contributed by atoms with E-state index in [2.05, 4.69) is 12.1 Å². The van der Waals surface area contributed by atoms with E-state index in [9.17, 15) is 14.7 Å². The molecule has 2 aliphatic heterocycles. The Kier molecular flexibility index (Phi) is 5.96. The molecule has 3 aliphatic rings. The first kappa shape index (κ1) is 21.1. The van der Waals surface area contributed by atoms with Crippen molar-refractivity contribution in [3.8, 4) is 0 Å². The van der Waals surface area contributed by atoms with Gasteiger partial charge in [0.1, 0.15) is 6.04 Å². The van der Waals surface area contributed by atoms with Crippen molar-refractivity contribution in [3.05, 3.63) is 65.0 Å². The molecule has 2 aromatic rings. The number of likely N-dealkylation sites (tertiary alicyclic amines) is 2. The van der Waals surface area contributed by atoms with Gasteiger partial charge in [0.25, 0.3) is 0 Å². The average molecular weight is 434 g/mol. The Morgan fingerprint density at radius 2 is 1.69 bits per heavy atom. The normalized spacial score (nSPS) is 20.9. The molecule has 6 nitrogen and oxygen atoms in total. The van der Waals surface area contributed by atoms with E-state index in [0.29, 0.717) is 19.0 Å². The van der Waals surface area contributed by atoms with Crippen LogP contribution >= 0.6 is 0 Å². The molecule has 0 bridgehead atoms. The van der Waals surface area contributed by atoms with E-state index in [4.69, 9.17) is 4.98 Å². The third-order valence-electron chi connectivity index (χ3n) is 7.40. The smallest absolute Gasteiger partial charge is 0.325 e. The van der Waals surface area contributed by atoms with Gasteiger partial charge in [0.2, 0.25) is 5.91 Å². The van der Waals surface area contributed by atoms with E-state index in [1.807, 2.05) is 40.1 Å². The lowest BCUT2D eigenvalue weighted by atomic mass is 9.88. The van der Waals surface area contributed by atoms with E-state index in [1.54, 1.807) is 0 Å². The molecule has 0 unspecified atom stereocenters. The third-order valence-corrected chi connectivity index (χ3v) is 7.40. The van der Waals surface area contributed by atoms with Gasteiger partial charge >= 0.3 is 5.97 Å². The van der Waals surface area contributed by atoms with Gasteiger partial charge in [-0.25, -0.2) is 0 Å². The Bertz CT molecular complexity index is 979. The number of nitrogens with zero attached hydrogens (tertiary/aromatic N) is 3. The minimum absolute atomic E-state index is 0.0982. The molecule has 1 aromatic heterocycles. The Labute approximate surface area is 189 Å². The summed E-state index contributed by atoms with van der Waals surface area (Å²) in [6.07, 6.45) is 6.67. The zero-order chi connectivity index (χ0) is 22.1. The molecule has 3 heterocycles. The molecule has 32 heavy (non-hydrogen) atoms. The maximum atomic E-state index is 13.0. The number of carboxylic acids is 1. The van der Waals surface area contributed by atoms with Crippen LogP contribution in [0.5, 0.6) is 0 Å². The number of rotatable bonds is 5. The monoisotopic (exact) mass is 433 g/mol. The molecule has 0 saturated carbocycles. The van der Waals surface area contributed by atoms with Crippen molar-refractivity contribution in [2.24, 2.45) is 5.92 Å². The lowest BCUT2D eigenvalue weighted by Crippen LogP contribution is -2.57. The molecule has 2 saturated heterocycles. The number of hydrogen-bond acceptors (Lipinski definition) is 4. The number of fused-ring (bicyclic) bond motifs is 1. The second kappa shape index (κ2) is 9.02. The van der Waals surface area contributed by atoms with Crippen molar-refractivity contribution < 1.29 is 14.7 Å². The Balaban J connectivity index is 1.15. The van der Waals surface area contributed by atoms with Crippen molar-refractivity contribution in [2.75, 3.05) is 26.2 Å². The third kappa shape index (κ3) is 4.16. The summed E-state index contributed by atoms with van der Waals surface area (Å²) in [5, 5.41) is 9.70. The Morgan fingerprint density at radius 3 is 2.41 bits per heavy atom. The van der Waals surface area contributed by atoms with Gasteiger partial charge in [-0.05, 0) is 55.7 Å². The van der Waals surface area contributed by atoms with Crippen LogP contribution in [0.3, 0.4) is 0 Å². The summed E-state index contributed by atoms with van der Waals surface area (Å²) in [5.41, 5.74) is 4.66. The fourth-order valence-corrected chi connectivity index (χ4v) is 5.50. The van der Waals surface area contributed by atoms with Crippen LogP contribution in [-0.4, -0.2) is 57.9 Å². The lowest BCUT2D eigenvalue weighted by molar-refractivity contribution is -0.153. The van der Waals surface area contributed by atoms with Crippen molar-refractivity contribution in [1.82, 2.24) is 14.8 Å². The van der Waals surface area contributed by atoms with Crippen LogP contribution in [0.1, 0.15) is 60.2 Å². The average Bonchev–Trinajstić information content (AvgIpc) is 2.81. The molecule has 0 spiro atoms.